The fourth-order valence-electron chi connectivity index (χ4n) is 3.99. The van der Waals surface area contributed by atoms with Gasteiger partial charge >= 0.3 is 0 Å². The Bertz CT molecular complexity index is 286. The molecule has 3 unspecified atom stereocenters. The van der Waals surface area contributed by atoms with Gasteiger partial charge in [-0.05, 0) is 38.8 Å². The van der Waals surface area contributed by atoms with E-state index in [1.54, 1.807) is 0 Å². The third-order valence-corrected chi connectivity index (χ3v) is 4.99. The number of hydrogen-bond donors (Lipinski definition) is 1. The van der Waals surface area contributed by atoms with Gasteiger partial charge in [0.2, 0.25) is 0 Å². The van der Waals surface area contributed by atoms with Crippen molar-refractivity contribution in [3.8, 4) is 0 Å². The van der Waals surface area contributed by atoms with Crippen molar-refractivity contribution in [2.45, 2.75) is 56.7 Å². The minimum absolute atomic E-state index is 0.0426. The van der Waals surface area contributed by atoms with Crippen molar-refractivity contribution in [2.24, 2.45) is 0 Å². The van der Waals surface area contributed by atoms with E-state index in [0.717, 1.165) is 32.3 Å². The number of nitrogens with zero attached hydrogens (tertiary/aromatic N) is 1. The monoisotopic (exact) mass is 268 g/mol. The first-order valence-corrected chi connectivity index (χ1v) is 8.01. The van der Waals surface area contributed by atoms with Crippen LogP contribution in [0.25, 0.3) is 0 Å². The number of rotatable bonds is 4. The van der Waals surface area contributed by atoms with Crippen molar-refractivity contribution in [3.63, 3.8) is 0 Å². The topological polar surface area (TPSA) is 33.7 Å². The quantitative estimate of drug-likeness (QED) is 0.835. The maximum Gasteiger partial charge on any atom is 0.0951 e. The summed E-state index contributed by atoms with van der Waals surface area (Å²) in [6, 6.07) is 1.43. The zero-order valence-corrected chi connectivity index (χ0v) is 12.2. The van der Waals surface area contributed by atoms with E-state index in [1.807, 2.05) is 0 Å². The molecule has 1 N–H and O–H groups in total. The standard InChI is InChI=1S/C15H28N2O2/c1-2-7-17(14-3-6-16-11-14)13-4-8-19-15(10-13)5-9-18-12-15/h13-14,16H,2-12H2,1H3. The third-order valence-electron chi connectivity index (χ3n) is 4.99. The summed E-state index contributed by atoms with van der Waals surface area (Å²) < 4.78 is 11.7. The van der Waals surface area contributed by atoms with Crippen LogP contribution in [0.5, 0.6) is 0 Å². The highest BCUT2D eigenvalue weighted by Crippen LogP contribution is 2.35. The van der Waals surface area contributed by atoms with E-state index in [9.17, 15) is 0 Å². The smallest absolute Gasteiger partial charge is 0.0951 e. The number of ether oxygens (including phenoxy) is 2. The summed E-state index contributed by atoms with van der Waals surface area (Å²) in [7, 11) is 0. The van der Waals surface area contributed by atoms with Gasteiger partial charge in [0, 0.05) is 38.3 Å². The Hall–Kier alpha value is -0.160. The van der Waals surface area contributed by atoms with Crippen LogP contribution in [-0.2, 0) is 9.47 Å². The molecule has 3 saturated heterocycles. The predicted octanol–water partition coefficient (Wildman–Crippen LogP) is 1.40. The molecule has 0 amide bonds. The first-order chi connectivity index (χ1) is 9.33. The lowest BCUT2D eigenvalue weighted by molar-refractivity contribution is -0.110. The average molecular weight is 268 g/mol. The molecule has 3 fully saturated rings. The van der Waals surface area contributed by atoms with E-state index < -0.39 is 0 Å². The molecule has 4 nitrogen and oxygen atoms in total. The third kappa shape index (κ3) is 2.97. The van der Waals surface area contributed by atoms with Gasteiger partial charge < -0.3 is 14.8 Å². The van der Waals surface area contributed by atoms with Crippen LogP contribution in [0.15, 0.2) is 0 Å². The van der Waals surface area contributed by atoms with Crippen LogP contribution in [-0.4, -0.2) is 62.0 Å². The fourth-order valence-corrected chi connectivity index (χ4v) is 3.99. The summed E-state index contributed by atoms with van der Waals surface area (Å²) in [4.78, 5) is 2.77. The van der Waals surface area contributed by atoms with Gasteiger partial charge in [-0.2, -0.15) is 0 Å². The van der Waals surface area contributed by atoms with Crippen molar-refractivity contribution < 1.29 is 9.47 Å². The fraction of sp³-hybridized carbons (Fsp3) is 1.00. The summed E-state index contributed by atoms with van der Waals surface area (Å²) >= 11 is 0. The maximum absolute atomic E-state index is 6.08. The van der Waals surface area contributed by atoms with E-state index in [0.29, 0.717) is 6.04 Å². The molecule has 0 radical (unpaired) electrons. The van der Waals surface area contributed by atoms with Crippen LogP contribution >= 0.6 is 0 Å². The van der Waals surface area contributed by atoms with Crippen molar-refractivity contribution in [3.05, 3.63) is 0 Å². The Morgan fingerprint density at radius 2 is 2.21 bits per heavy atom. The molecule has 0 bridgehead atoms. The maximum atomic E-state index is 6.08. The second kappa shape index (κ2) is 6.08. The molecule has 19 heavy (non-hydrogen) atoms. The van der Waals surface area contributed by atoms with Crippen LogP contribution in [0.4, 0.5) is 0 Å². The lowest BCUT2D eigenvalue weighted by Crippen LogP contribution is -2.53. The lowest BCUT2D eigenvalue weighted by atomic mass is 9.88. The molecule has 3 aliphatic heterocycles. The van der Waals surface area contributed by atoms with Crippen molar-refractivity contribution in [1.29, 1.82) is 0 Å². The van der Waals surface area contributed by atoms with Crippen LogP contribution in [0.2, 0.25) is 0 Å². The van der Waals surface area contributed by atoms with E-state index in [-0.39, 0.29) is 5.60 Å². The molecule has 4 heteroatoms. The molecule has 0 saturated carbocycles. The van der Waals surface area contributed by atoms with Crippen LogP contribution in [0.1, 0.15) is 39.0 Å². The first-order valence-electron chi connectivity index (χ1n) is 8.01. The van der Waals surface area contributed by atoms with Gasteiger partial charge in [0.15, 0.2) is 0 Å². The number of hydrogen-bond acceptors (Lipinski definition) is 4. The molecule has 0 aromatic carbocycles. The molecule has 0 aliphatic carbocycles. The molecule has 3 aliphatic rings. The normalized spacial score (nSPS) is 39.5. The van der Waals surface area contributed by atoms with Gasteiger partial charge in [0.25, 0.3) is 0 Å². The molecule has 110 valence electrons. The average Bonchev–Trinajstić information content (AvgIpc) is 3.08. The van der Waals surface area contributed by atoms with Crippen molar-refractivity contribution >= 4 is 0 Å². The van der Waals surface area contributed by atoms with Crippen molar-refractivity contribution in [1.82, 2.24) is 10.2 Å². The van der Waals surface area contributed by atoms with Crippen LogP contribution in [0, 0.1) is 0 Å². The van der Waals surface area contributed by atoms with Crippen molar-refractivity contribution in [2.75, 3.05) is 39.5 Å². The van der Waals surface area contributed by atoms with E-state index >= 15 is 0 Å². The van der Waals surface area contributed by atoms with E-state index in [4.69, 9.17) is 9.47 Å². The Balaban J connectivity index is 1.66. The second-order valence-corrected chi connectivity index (χ2v) is 6.37. The SMILES string of the molecule is CCCN(C1CCNC1)C1CCOC2(CCOC2)C1. The summed E-state index contributed by atoms with van der Waals surface area (Å²) in [5.74, 6) is 0. The van der Waals surface area contributed by atoms with Crippen LogP contribution in [0.3, 0.4) is 0 Å². The molecular weight excluding hydrogens is 240 g/mol. The van der Waals surface area contributed by atoms with Gasteiger partial charge in [-0.25, -0.2) is 0 Å². The van der Waals surface area contributed by atoms with E-state index in [2.05, 4.69) is 17.1 Å². The minimum Gasteiger partial charge on any atom is -0.378 e. The van der Waals surface area contributed by atoms with E-state index in [1.165, 1.54) is 45.3 Å². The minimum atomic E-state index is 0.0426. The Labute approximate surface area is 116 Å². The number of nitrogens with one attached hydrogen (secondary N) is 1. The highest BCUT2D eigenvalue weighted by molar-refractivity contribution is 4.96. The first kappa shape index (κ1) is 13.8. The highest BCUT2D eigenvalue weighted by atomic mass is 16.6. The molecule has 3 rings (SSSR count). The highest BCUT2D eigenvalue weighted by Gasteiger charge is 2.43. The molecule has 0 aromatic heterocycles. The largest absolute Gasteiger partial charge is 0.378 e. The van der Waals surface area contributed by atoms with Gasteiger partial charge in [-0.1, -0.05) is 6.92 Å². The van der Waals surface area contributed by atoms with Gasteiger partial charge in [0.05, 0.1) is 12.2 Å². The predicted molar refractivity (Wildman–Crippen MR) is 75.4 cm³/mol. The molecule has 3 heterocycles. The Morgan fingerprint density at radius 1 is 1.26 bits per heavy atom. The zero-order chi connectivity index (χ0) is 13.1. The van der Waals surface area contributed by atoms with Crippen LogP contribution < -0.4 is 5.32 Å². The van der Waals surface area contributed by atoms with Gasteiger partial charge in [-0.3, -0.25) is 4.90 Å². The summed E-state index contributed by atoms with van der Waals surface area (Å²) in [5, 5.41) is 3.51. The second-order valence-electron chi connectivity index (χ2n) is 6.37. The zero-order valence-electron chi connectivity index (χ0n) is 12.2. The van der Waals surface area contributed by atoms with Gasteiger partial charge in [-0.15, -0.1) is 0 Å². The Kier molecular flexibility index (Phi) is 4.42. The molecule has 0 aromatic rings. The summed E-state index contributed by atoms with van der Waals surface area (Å²) in [5.41, 5.74) is 0.0426. The lowest BCUT2D eigenvalue weighted by Gasteiger charge is -2.44. The van der Waals surface area contributed by atoms with Gasteiger partial charge in [0.1, 0.15) is 0 Å². The molecular formula is C15H28N2O2. The summed E-state index contributed by atoms with van der Waals surface area (Å²) in [6.07, 6.45) is 6.01. The summed E-state index contributed by atoms with van der Waals surface area (Å²) in [6.45, 7) is 8.48. The molecule has 1 spiro atoms. The molecule has 3 atom stereocenters. The Morgan fingerprint density at radius 3 is 2.89 bits per heavy atom.